The van der Waals surface area contributed by atoms with Gasteiger partial charge in [-0.15, -0.1) is 0 Å². The molecule has 2 aliphatic rings. The van der Waals surface area contributed by atoms with Crippen LogP contribution in [0.5, 0.6) is 0 Å². The number of morpholine rings is 1. The summed E-state index contributed by atoms with van der Waals surface area (Å²) in [7, 11) is 2.15. The molecule has 0 bridgehead atoms. The van der Waals surface area contributed by atoms with Gasteiger partial charge in [0.15, 0.2) is 6.10 Å². The molecule has 5 heteroatoms. The number of hydrogen-bond acceptors (Lipinski definition) is 4. The van der Waals surface area contributed by atoms with Gasteiger partial charge in [0.25, 0.3) is 0 Å². The van der Waals surface area contributed by atoms with Gasteiger partial charge in [-0.1, -0.05) is 0 Å². The van der Waals surface area contributed by atoms with Gasteiger partial charge in [0, 0.05) is 19.1 Å². The van der Waals surface area contributed by atoms with Crippen molar-refractivity contribution in [3.8, 4) is 0 Å². The molecule has 2 fully saturated rings. The van der Waals surface area contributed by atoms with E-state index in [1.54, 1.807) is 0 Å². The smallest absolute Gasteiger partial charge is 0.334 e. The number of carbonyl (C=O) groups is 1. The van der Waals surface area contributed by atoms with Gasteiger partial charge in [-0.3, -0.25) is 4.90 Å². The first-order valence-corrected chi connectivity index (χ1v) is 6.44. The third kappa shape index (κ3) is 3.40. The fourth-order valence-corrected chi connectivity index (χ4v) is 2.74. The zero-order valence-electron chi connectivity index (χ0n) is 10.5. The number of likely N-dealkylation sites (tertiary alicyclic amines) is 1. The van der Waals surface area contributed by atoms with Gasteiger partial charge in [0.2, 0.25) is 0 Å². The molecule has 2 unspecified atom stereocenters. The fraction of sp³-hybridized carbons (Fsp3) is 0.917. The van der Waals surface area contributed by atoms with Crippen LogP contribution in [0.25, 0.3) is 0 Å². The molecular weight excluding hydrogens is 220 g/mol. The first-order chi connectivity index (χ1) is 8.16. The highest BCUT2D eigenvalue weighted by Gasteiger charge is 2.30. The van der Waals surface area contributed by atoms with Crippen molar-refractivity contribution in [2.45, 2.75) is 31.4 Å². The Balaban J connectivity index is 1.90. The van der Waals surface area contributed by atoms with E-state index in [0.717, 1.165) is 26.1 Å². The van der Waals surface area contributed by atoms with E-state index < -0.39 is 12.1 Å². The van der Waals surface area contributed by atoms with E-state index in [1.165, 1.54) is 12.8 Å². The first kappa shape index (κ1) is 12.8. The molecular formula is C12H22N2O3. The Morgan fingerprint density at radius 1 is 1.29 bits per heavy atom. The molecule has 0 aliphatic carbocycles. The number of carboxylic acids is 1. The lowest BCUT2D eigenvalue weighted by atomic mass is 10.1. The van der Waals surface area contributed by atoms with Gasteiger partial charge >= 0.3 is 5.97 Å². The molecule has 2 atom stereocenters. The Bertz CT molecular complexity index is 272. The number of aliphatic carboxylic acids is 1. The quantitative estimate of drug-likeness (QED) is 0.752. The van der Waals surface area contributed by atoms with Crippen LogP contribution in [-0.4, -0.2) is 72.9 Å². The normalized spacial score (nSPS) is 33.2. The van der Waals surface area contributed by atoms with Crippen LogP contribution in [0.3, 0.4) is 0 Å². The van der Waals surface area contributed by atoms with Crippen molar-refractivity contribution < 1.29 is 14.6 Å². The van der Waals surface area contributed by atoms with Crippen molar-refractivity contribution in [2.24, 2.45) is 0 Å². The largest absolute Gasteiger partial charge is 0.479 e. The Morgan fingerprint density at radius 3 is 2.88 bits per heavy atom. The molecule has 2 aliphatic heterocycles. The number of nitrogens with zero attached hydrogens (tertiary/aromatic N) is 2. The van der Waals surface area contributed by atoms with Crippen LogP contribution in [0, 0.1) is 0 Å². The molecule has 98 valence electrons. The minimum absolute atomic E-state index is 0.533. The summed E-state index contributed by atoms with van der Waals surface area (Å²) in [4.78, 5) is 15.6. The highest BCUT2D eigenvalue weighted by molar-refractivity contribution is 5.72. The van der Waals surface area contributed by atoms with E-state index in [-0.39, 0.29) is 0 Å². The Kier molecular flexibility index (Phi) is 4.36. The van der Waals surface area contributed by atoms with E-state index in [0.29, 0.717) is 19.2 Å². The maximum Gasteiger partial charge on any atom is 0.334 e. The minimum atomic E-state index is -0.833. The van der Waals surface area contributed by atoms with E-state index in [2.05, 4.69) is 16.8 Å². The number of hydrogen-bond donors (Lipinski definition) is 1. The van der Waals surface area contributed by atoms with E-state index in [1.807, 2.05) is 0 Å². The van der Waals surface area contributed by atoms with Crippen LogP contribution >= 0.6 is 0 Å². The molecule has 0 aromatic carbocycles. The van der Waals surface area contributed by atoms with Gasteiger partial charge in [-0.2, -0.15) is 0 Å². The molecule has 1 N–H and O–H groups in total. The van der Waals surface area contributed by atoms with Gasteiger partial charge in [0.05, 0.1) is 6.61 Å². The minimum Gasteiger partial charge on any atom is -0.479 e. The van der Waals surface area contributed by atoms with E-state index in [4.69, 9.17) is 9.84 Å². The van der Waals surface area contributed by atoms with Crippen LogP contribution in [0.1, 0.15) is 19.3 Å². The lowest BCUT2D eigenvalue weighted by Gasteiger charge is -2.36. The van der Waals surface area contributed by atoms with Crippen LogP contribution in [0.2, 0.25) is 0 Å². The summed E-state index contributed by atoms with van der Waals surface area (Å²) >= 11 is 0. The molecule has 2 heterocycles. The van der Waals surface area contributed by atoms with E-state index in [9.17, 15) is 4.79 Å². The Labute approximate surface area is 102 Å². The van der Waals surface area contributed by atoms with E-state index >= 15 is 0 Å². The summed E-state index contributed by atoms with van der Waals surface area (Å²) in [5, 5.41) is 8.99. The van der Waals surface area contributed by atoms with Crippen molar-refractivity contribution >= 4 is 5.97 Å². The summed E-state index contributed by atoms with van der Waals surface area (Å²) in [6.45, 7) is 4.23. The molecule has 0 aromatic rings. The highest BCUT2D eigenvalue weighted by atomic mass is 16.5. The lowest BCUT2D eigenvalue weighted by molar-refractivity contribution is -0.157. The van der Waals surface area contributed by atoms with Gasteiger partial charge in [0.1, 0.15) is 0 Å². The monoisotopic (exact) mass is 242 g/mol. The van der Waals surface area contributed by atoms with Crippen molar-refractivity contribution in [1.82, 2.24) is 9.80 Å². The topological polar surface area (TPSA) is 53.0 Å². The molecule has 0 radical (unpaired) electrons. The standard InChI is InChI=1S/C12H22N2O3/c1-13-5-2-3-10(4-6-13)14-7-8-17-11(9-14)12(15)16/h10-11H,2-9H2,1H3,(H,15,16). The lowest BCUT2D eigenvalue weighted by Crippen LogP contribution is -2.50. The molecule has 0 spiro atoms. The second-order valence-corrected chi connectivity index (χ2v) is 5.08. The fourth-order valence-electron chi connectivity index (χ4n) is 2.74. The van der Waals surface area contributed by atoms with Crippen molar-refractivity contribution in [2.75, 3.05) is 39.8 Å². The summed E-state index contributed by atoms with van der Waals surface area (Å²) < 4.78 is 5.26. The zero-order valence-corrected chi connectivity index (χ0v) is 10.5. The van der Waals surface area contributed by atoms with Crippen LogP contribution in [0.15, 0.2) is 0 Å². The summed E-state index contributed by atoms with van der Waals surface area (Å²) in [5.41, 5.74) is 0. The first-order valence-electron chi connectivity index (χ1n) is 6.44. The third-order valence-electron chi connectivity index (χ3n) is 3.81. The van der Waals surface area contributed by atoms with Crippen LogP contribution < -0.4 is 0 Å². The molecule has 2 saturated heterocycles. The van der Waals surface area contributed by atoms with Crippen molar-refractivity contribution in [3.05, 3.63) is 0 Å². The van der Waals surface area contributed by atoms with Crippen molar-refractivity contribution in [3.63, 3.8) is 0 Å². The predicted molar refractivity (Wildman–Crippen MR) is 64.1 cm³/mol. The Hall–Kier alpha value is -0.650. The van der Waals surface area contributed by atoms with Gasteiger partial charge < -0.3 is 14.7 Å². The molecule has 0 amide bonds. The summed E-state index contributed by atoms with van der Waals surface area (Å²) in [5.74, 6) is -0.833. The zero-order chi connectivity index (χ0) is 12.3. The maximum absolute atomic E-state index is 10.9. The predicted octanol–water partition coefficient (Wildman–Crippen LogP) is 0.256. The SMILES string of the molecule is CN1CCCC(N2CCOC(C(=O)O)C2)CC1. The molecule has 17 heavy (non-hydrogen) atoms. The van der Waals surface area contributed by atoms with Gasteiger partial charge in [-0.25, -0.2) is 4.79 Å². The maximum atomic E-state index is 10.9. The highest BCUT2D eigenvalue weighted by Crippen LogP contribution is 2.19. The number of rotatable bonds is 2. The second-order valence-electron chi connectivity index (χ2n) is 5.08. The summed E-state index contributed by atoms with van der Waals surface area (Å²) in [6.07, 6.45) is 2.89. The van der Waals surface area contributed by atoms with Crippen LogP contribution in [0.4, 0.5) is 0 Å². The second kappa shape index (κ2) is 5.80. The molecule has 5 nitrogen and oxygen atoms in total. The average molecular weight is 242 g/mol. The number of ether oxygens (including phenoxy) is 1. The molecule has 0 saturated carbocycles. The third-order valence-corrected chi connectivity index (χ3v) is 3.81. The Morgan fingerprint density at radius 2 is 2.12 bits per heavy atom. The average Bonchev–Trinajstić information content (AvgIpc) is 2.54. The van der Waals surface area contributed by atoms with Crippen molar-refractivity contribution in [1.29, 1.82) is 0 Å². The molecule has 0 aromatic heterocycles. The van der Waals surface area contributed by atoms with Crippen LogP contribution in [-0.2, 0) is 9.53 Å². The van der Waals surface area contributed by atoms with Gasteiger partial charge in [-0.05, 0) is 39.4 Å². The molecule has 2 rings (SSSR count). The number of carboxylic acid groups (broad SMARTS) is 1. The summed E-state index contributed by atoms with van der Waals surface area (Å²) in [6, 6.07) is 0.533.